The SMILES string of the molecule is CN(CCOc1ccccc1)C1CCCCCC1. The van der Waals surface area contributed by atoms with Gasteiger partial charge in [0.05, 0.1) is 0 Å². The summed E-state index contributed by atoms with van der Waals surface area (Å²) in [6.45, 7) is 1.82. The molecule has 100 valence electrons. The molecule has 1 aromatic carbocycles. The van der Waals surface area contributed by atoms with Crippen molar-refractivity contribution in [1.82, 2.24) is 4.90 Å². The highest BCUT2D eigenvalue weighted by atomic mass is 16.5. The smallest absolute Gasteiger partial charge is 0.119 e. The molecule has 2 heteroatoms. The highest BCUT2D eigenvalue weighted by molar-refractivity contribution is 5.20. The molecule has 0 aliphatic heterocycles. The highest BCUT2D eigenvalue weighted by Crippen LogP contribution is 2.20. The van der Waals surface area contributed by atoms with Gasteiger partial charge in [0, 0.05) is 12.6 Å². The Balaban J connectivity index is 1.69. The second-order valence-corrected chi connectivity index (χ2v) is 5.29. The Morgan fingerprint density at radius 2 is 1.72 bits per heavy atom. The molecule has 0 heterocycles. The summed E-state index contributed by atoms with van der Waals surface area (Å²) < 4.78 is 5.76. The number of ether oxygens (including phenoxy) is 1. The molecule has 1 saturated carbocycles. The van der Waals surface area contributed by atoms with E-state index >= 15 is 0 Å². The predicted octanol–water partition coefficient (Wildman–Crippen LogP) is 3.72. The third kappa shape index (κ3) is 4.34. The number of para-hydroxylation sites is 1. The summed E-state index contributed by atoms with van der Waals surface area (Å²) in [7, 11) is 2.24. The molecule has 0 bridgehead atoms. The summed E-state index contributed by atoms with van der Waals surface area (Å²) in [5, 5.41) is 0. The van der Waals surface area contributed by atoms with Gasteiger partial charge in [0.15, 0.2) is 0 Å². The van der Waals surface area contributed by atoms with Crippen molar-refractivity contribution in [2.75, 3.05) is 20.2 Å². The van der Waals surface area contributed by atoms with Crippen LogP contribution in [0.25, 0.3) is 0 Å². The number of likely N-dealkylation sites (N-methyl/N-ethyl adjacent to an activating group) is 1. The third-order valence-electron chi connectivity index (χ3n) is 3.90. The summed E-state index contributed by atoms with van der Waals surface area (Å²) in [6.07, 6.45) is 8.36. The van der Waals surface area contributed by atoms with E-state index in [0.29, 0.717) is 0 Å². The number of rotatable bonds is 5. The third-order valence-corrected chi connectivity index (χ3v) is 3.90. The fourth-order valence-corrected chi connectivity index (χ4v) is 2.71. The molecule has 0 saturated heterocycles. The Morgan fingerprint density at radius 1 is 1.06 bits per heavy atom. The molecule has 0 amide bonds. The molecule has 2 nitrogen and oxygen atoms in total. The Hall–Kier alpha value is -1.02. The van der Waals surface area contributed by atoms with Gasteiger partial charge in [0.25, 0.3) is 0 Å². The number of hydrogen-bond acceptors (Lipinski definition) is 2. The normalized spacial score (nSPS) is 17.7. The van der Waals surface area contributed by atoms with Gasteiger partial charge in [-0.05, 0) is 32.0 Å². The Morgan fingerprint density at radius 3 is 2.39 bits per heavy atom. The minimum atomic E-state index is 0.770. The zero-order valence-electron chi connectivity index (χ0n) is 11.5. The summed E-state index contributed by atoms with van der Waals surface area (Å²) in [5.74, 6) is 0.978. The lowest BCUT2D eigenvalue weighted by atomic mass is 10.1. The first-order valence-corrected chi connectivity index (χ1v) is 7.24. The van der Waals surface area contributed by atoms with Gasteiger partial charge in [-0.1, -0.05) is 43.9 Å². The lowest BCUT2D eigenvalue weighted by Gasteiger charge is -2.26. The molecule has 0 spiro atoms. The molecule has 1 aromatic rings. The van der Waals surface area contributed by atoms with Crippen molar-refractivity contribution in [3.8, 4) is 5.75 Å². The van der Waals surface area contributed by atoms with E-state index in [1.165, 1.54) is 38.5 Å². The van der Waals surface area contributed by atoms with Crippen molar-refractivity contribution < 1.29 is 4.74 Å². The van der Waals surface area contributed by atoms with Crippen molar-refractivity contribution >= 4 is 0 Å². The van der Waals surface area contributed by atoms with E-state index in [-0.39, 0.29) is 0 Å². The average molecular weight is 247 g/mol. The maximum atomic E-state index is 5.76. The summed E-state index contributed by atoms with van der Waals surface area (Å²) in [6, 6.07) is 10.9. The molecule has 1 aliphatic carbocycles. The zero-order valence-corrected chi connectivity index (χ0v) is 11.5. The van der Waals surface area contributed by atoms with E-state index < -0.39 is 0 Å². The first kappa shape index (κ1) is 13.4. The van der Waals surface area contributed by atoms with Gasteiger partial charge < -0.3 is 9.64 Å². The topological polar surface area (TPSA) is 12.5 Å². The summed E-state index contributed by atoms with van der Waals surface area (Å²) >= 11 is 0. The number of benzene rings is 1. The Bertz CT molecular complexity index is 317. The van der Waals surface area contributed by atoms with Crippen LogP contribution in [0.5, 0.6) is 5.75 Å². The standard InChI is InChI=1S/C16H25NO/c1-17(15-9-5-2-3-6-10-15)13-14-18-16-11-7-4-8-12-16/h4,7-8,11-12,15H,2-3,5-6,9-10,13-14H2,1H3. The molecule has 1 fully saturated rings. The van der Waals surface area contributed by atoms with E-state index in [2.05, 4.69) is 11.9 Å². The van der Waals surface area contributed by atoms with Gasteiger partial charge in [-0.2, -0.15) is 0 Å². The van der Waals surface area contributed by atoms with Crippen molar-refractivity contribution in [2.24, 2.45) is 0 Å². The maximum Gasteiger partial charge on any atom is 0.119 e. The van der Waals surface area contributed by atoms with E-state index in [4.69, 9.17) is 4.74 Å². The monoisotopic (exact) mass is 247 g/mol. The molecule has 1 aliphatic rings. The maximum absolute atomic E-state index is 5.76. The molecule has 0 N–H and O–H groups in total. The van der Waals surface area contributed by atoms with Crippen molar-refractivity contribution in [3.63, 3.8) is 0 Å². The van der Waals surface area contributed by atoms with E-state index in [1.807, 2.05) is 30.3 Å². The van der Waals surface area contributed by atoms with Crippen LogP contribution in [-0.4, -0.2) is 31.1 Å². The number of nitrogens with zero attached hydrogens (tertiary/aromatic N) is 1. The van der Waals surface area contributed by atoms with Crippen LogP contribution in [0.3, 0.4) is 0 Å². The lowest BCUT2D eigenvalue weighted by molar-refractivity contribution is 0.178. The van der Waals surface area contributed by atoms with Crippen molar-refractivity contribution in [1.29, 1.82) is 0 Å². The molecular weight excluding hydrogens is 222 g/mol. The van der Waals surface area contributed by atoms with Crippen molar-refractivity contribution in [2.45, 2.75) is 44.6 Å². The molecular formula is C16H25NO. The average Bonchev–Trinajstić information content (AvgIpc) is 2.69. The van der Waals surface area contributed by atoms with Crippen LogP contribution in [0.15, 0.2) is 30.3 Å². The zero-order chi connectivity index (χ0) is 12.6. The van der Waals surface area contributed by atoms with Crippen LogP contribution in [0.2, 0.25) is 0 Å². The second kappa shape index (κ2) is 7.42. The summed E-state index contributed by atoms with van der Waals surface area (Å²) in [5.41, 5.74) is 0. The van der Waals surface area contributed by atoms with Crippen LogP contribution in [-0.2, 0) is 0 Å². The summed E-state index contributed by atoms with van der Waals surface area (Å²) in [4.78, 5) is 2.48. The van der Waals surface area contributed by atoms with Gasteiger partial charge in [0.1, 0.15) is 12.4 Å². The largest absolute Gasteiger partial charge is 0.492 e. The van der Waals surface area contributed by atoms with Crippen LogP contribution < -0.4 is 4.74 Å². The molecule has 0 radical (unpaired) electrons. The van der Waals surface area contributed by atoms with Gasteiger partial charge in [-0.15, -0.1) is 0 Å². The molecule has 0 atom stereocenters. The van der Waals surface area contributed by atoms with E-state index in [0.717, 1.165) is 24.9 Å². The minimum absolute atomic E-state index is 0.770. The second-order valence-electron chi connectivity index (χ2n) is 5.29. The highest BCUT2D eigenvalue weighted by Gasteiger charge is 2.16. The van der Waals surface area contributed by atoms with Crippen LogP contribution >= 0.6 is 0 Å². The molecule has 0 aromatic heterocycles. The number of hydrogen-bond donors (Lipinski definition) is 0. The lowest BCUT2D eigenvalue weighted by Crippen LogP contribution is -2.34. The Kier molecular flexibility index (Phi) is 5.53. The van der Waals surface area contributed by atoms with Gasteiger partial charge in [0.2, 0.25) is 0 Å². The fraction of sp³-hybridized carbons (Fsp3) is 0.625. The van der Waals surface area contributed by atoms with Crippen LogP contribution in [0.1, 0.15) is 38.5 Å². The van der Waals surface area contributed by atoms with E-state index in [9.17, 15) is 0 Å². The van der Waals surface area contributed by atoms with Gasteiger partial charge >= 0.3 is 0 Å². The first-order valence-electron chi connectivity index (χ1n) is 7.24. The van der Waals surface area contributed by atoms with Crippen molar-refractivity contribution in [3.05, 3.63) is 30.3 Å². The Labute approximate surface area is 111 Å². The molecule has 2 rings (SSSR count). The fourth-order valence-electron chi connectivity index (χ4n) is 2.71. The van der Waals surface area contributed by atoms with Gasteiger partial charge in [-0.3, -0.25) is 0 Å². The van der Waals surface area contributed by atoms with E-state index in [1.54, 1.807) is 0 Å². The quantitative estimate of drug-likeness (QED) is 0.735. The van der Waals surface area contributed by atoms with Crippen LogP contribution in [0, 0.1) is 0 Å². The molecule has 18 heavy (non-hydrogen) atoms. The van der Waals surface area contributed by atoms with Crippen LogP contribution in [0.4, 0.5) is 0 Å². The predicted molar refractivity (Wildman–Crippen MR) is 76.1 cm³/mol. The first-order chi connectivity index (χ1) is 8.86. The van der Waals surface area contributed by atoms with Gasteiger partial charge in [-0.25, -0.2) is 0 Å². The molecule has 0 unspecified atom stereocenters. The minimum Gasteiger partial charge on any atom is -0.492 e.